The molecule has 0 saturated carbocycles. The van der Waals surface area contributed by atoms with Crippen molar-refractivity contribution in [3.8, 4) is 11.5 Å². The van der Waals surface area contributed by atoms with Crippen LogP contribution >= 0.6 is 0 Å². The van der Waals surface area contributed by atoms with Gasteiger partial charge in [-0.25, -0.2) is 0 Å². The monoisotopic (exact) mass is 875 g/mol. The molecule has 6 heterocycles. The maximum absolute atomic E-state index is 13.4. The third kappa shape index (κ3) is 9.67. The number of rotatable bonds is 16. The number of nitrogens with one attached hydrogen (secondary N) is 6. The Balaban J connectivity index is 0.906. The van der Waals surface area contributed by atoms with Gasteiger partial charge in [0.2, 0.25) is 5.91 Å². The van der Waals surface area contributed by atoms with Crippen molar-refractivity contribution in [1.82, 2.24) is 28.5 Å². The van der Waals surface area contributed by atoms with Gasteiger partial charge in [0, 0.05) is 84.8 Å². The maximum Gasteiger partial charge on any atom is 0.272 e. The average Bonchev–Trinajstić information content (AvgIpc) is 4.07. The Morgan fingerprint density at radius 1 is 0.719 bits per heavy atom. The second kappa shape index (κ2) is 18.5. The van der Waals surface area contributed by atoms with E-state index < -0.39 is 17.7 Å². The van der Waals surface area contributed by atoms with E-state index in [1.807, 2.05) is 4.90 Å². The van der Waals surface area contributed by atoms with Crippen LogP contribution in [-0.2, 0) is 33.0 Å². The fourth-order valence-corrected chi connectivity index (χ4v) is 7.52. The zero-order valence-electron chi connectivity index (χ0n) is 35.9. The topological polar surface area (TPSA) is 266 Å². The Bertz CT molecular complexity index is 2720. The minimum Gasteiger partial charge on any atom is -0.493 e. The Kier molecular flexibility index (Phi) is 12.7. The number of nitrogens with zero attached hydrogens (tertiary/aromatic N) is 6. The zero-order chi connectivity index (χ0) is 45.8. The quantitative estimate of drug-likeness (QED) is 0.0563. The minimum absolute atomic E-state index is 0.00156. The van der Waals surface area contributed by atoms with Gasteiger partial charge in [0.25, 0.3) is 29.5 Å². The molecule has 334 valence electrons. The number of carbonyl (C=O) groups is 6. The van der Waals surface area contributed by atoms with Crippen LogP contribution in [0.1, 0.15) is 78.0 Å². The number of aromatic nitrogens is 4. The highest BCUT2D eigenvalue weighted by atomic mass is 16.5. The lowest BCUT2D eigenvalue weighted by atomic mass is 10.1. The molecular weight excluding hydrogens is 827 g/mol. The highest BCUT2D eigenvalue weighted by molar-refractivity contribution is 6.09. The van der Waals surface area contributed by atoms with Crippen molar-refractivity contribution in [2.75, 3.05) is 48.1 Å². The van der Waals surface area contributed by atoms with E-state index in [0.29, 0.717) is 57.7 Å². The number of benzene rings is 1. The lowest BCUT2D eigenvalue weighted by Gasteiger charge is -2.20. The molecule has 7 rings (SSSR count). The molecule has 21 heteroatoms. The number of methoxy groups -OCH3 is 1. The van der Waals surface area contributed by atoms with Gasteiger partial charge in [0.15, 0.2) is 11.5 Å². The minimum atomic E-state index is -0.499. The molecule has 1 aromatic carbocycles. The molecule has 0 unspecified atom stereocenters. The highest BCUT2D eigenvalue weighted by Gasteiger charge is 2.32. The molecule has 0 bridgehead atoms. The Labute approximate surface area is 367 Å². The third-order valence-corrected chi connectivity index (χ3v) is 10.7. The van der Waals surface area contributed by atoms with Crippen LogP contribution in [0.5, 0.6) is 11.5 Å². The van der Waals surface area contributed by atoms with Crippen molar-refractivity contribution >= 4 is 75.9 Å². The average molecular weight is 876 g/mol. The van der Waals surface area contributed by atoms with E-state index in [0.717, 1.165) is 12.8 Å². The van der Waals surface area contributed by atoms with Crippen molar-refractivity contribution in [3.05, 3.63) is 89.5 Å². The van der Waals surface area contributed by atoms with Crippen LogP contribution in [0.2, 0.25) is 0 Å². The van der Waals surface area contributed by atoms with E-state index in [2.05, 4.69) is 31.6 Å². The van der Waals surface area contributed by atoms with Gasteiger partial charge in [-0.1, -0.05) is 0 Å². The largest absolute Gasteiger partial charge is 0.493 e. The SMILES string of the molecule is COc1cc2c(cc1OCCC(=O)Nc1cc(C(=O)Nc3cc(C(=O)Nc4cc(C(=O)Nc5cc(C(=O)NCCC(=N)N)n(C)c5)n(C)c4)n(C)c3)n(C)c1)N=C[C@@H]1CCCN1C2=O. The van der Waals surface area contributed by atoms with E-state index in [1.54, 1.807) is 89.6 Å². The number of anilines is 4. The lowest BCUT2D eigenvalue weighted by Crippen LogP contribution is -2.35. The van der Waals surface area contributed by atoms with Gasteiger partial charge in [0.05, 0.1) is 66.0 Å². The Hall–Kier alpha value is -8.10. The summed E-state index contributed by atoms with van der Waals surface area (Å²) >= 11 is 0. The van der Waals surface area contributed by atoms with E-state index >= 15 is 0 Å². The van der Waals surface area contributed by atoms with Crippen LogP contribution in [0, 0.1) is 5.41 Å². The first-order chi connectivity index (χ1) is 30.6. The molecule has 64 heavy (non-hydrogen) atoms. The summed E-state index contributed by atoms with van der Waals surface area (Å²) in [7, 11) is 8.08. The number of amides is 6. The Morgan fingerprint density at radius 2 is 1.22 bits per heavy atom. The molecule has 1 atom stereocenters. The van der Waals surface area contributed by atoms with E-state index in [1.165, 1.54) is 31.4 Å². The summed E-state index contributed by atoms with van der Waals surface area (Å²) in [6, 6.07) is 9.28. The summed E-state index contributed by atoms with van der Waals surface area (Å²) in [6.45, 7) is 0.875. The van der Waals surface area contributed by atoms with Crippen LogP contribution in [0.25, 0.3) is 0 Å². The predicted octanol–water partition coefficient (Wildman–Crippen LogP) is 3.59. The van der Waals surface area contributed by atoms with E-state index in [4.69, 9.17) is 20.6 Å². The van der Waals surface area contributed by atoms with Crippen molar-refractivity contribution in [3.63, 3.8) is 0 Å². The summed E-state index contributed by atoms with van der Waals surface area (Å²) in [6.07, 6.45) is 10.1. The molecule has 0 spiro atoms. The molecule has 0 aliphatic carbocycles. The maximum atomic E-state index is 13.4. The standard InChI is InChI=1S/C43H49N13O8/c1-52-21-25(14-31(52)39(58)46-10-8-37(44)45)49-41(60)33-16-27(23-54(33)3)51-42(61)34-15-26(22-55(34)4)50-40(59)32-13-24(20-53(32)2)48-38(57)9-12-64-36-18-30-29(17-35(36)63-5)43(62)56-11-6-7-28(56)19-47-30/h13-23,28H,6-12H2,1-5H3,(H3,44,45)(H,46,58)(H,48,57)(H,49,60)(H,50,59)(H,51,61)/t28-/m0/s1. The van der Waals surface area contributed by atoms with Crippen LogP contribution in [0.3, 0.4) is 0 Å². The molecule has 2 aliphatic heterocycles. The van der Waals surface area contributed by atoms with Crippen LogP contribution < -0.4 is 41.8 Å². The summed E-state index contributed by atoms with van der Waals surface area (Å²) in [5.41, 5.74) is 8.69. The number of ether oxygens (including phenoxy) is 2. The van der Waals surface area contributed by atoms with Crippen LogP contribution in [0.15, 0.2) is 66.2 Å². The first kappa shape index (κ1) is 44.0. The number of fused-ring (bicyclic) bond motifs is 2. The second-order valence-corrected chi connectivity index (χ2v) is 15.4. The summed E-state index contributed by atoms with van der Waals surface area (Å²) in [5.74, 6) is -1.66. The predicted molar refractivity (Wildman–Crippen MR) is 238 cm³/mol. The van der Waals surface area contributed by atoms with Crippen LogP contribution in [0.4, 0.5) is 28.4 Å². The van der Waals surface area contributed by atoms with Crippen molar-refractivity contribution in [2.24, 2.45) is 38.9 Å². The first-order valence-corrected chi connectivity index (χ1v) is 20.3. The number of aliphatic imine (C=N–C) groups is 1. The van der Waals surface area contributed by atoms with Crippen LogP contribution in [-0.4, -0.2) is 104 Å². The normalized spacial score (nSPS) is 14.0. The second-order valence-electron chi connectivity index (χ2n) is 15.4. The summed E-state index contributed by atoms with van der Waals surface area (Å²) in [4.78, 5) is 84.9. The zero-order valence-corrected chi connectivity index (χ0v) is 35.9. The van der Waals surface area contributed by atoms with E-state index in [9.17, 15) is 28.8 Å². The fraction of sp³-hybridized carbons (Fsp3) is 0.302. The van der Waals surface area contributed by atoms with Gasteiger partial charge < -0.3 is 65.0 Å². The lowest BCUT2D eigenvalue weighted by molar-refractivity contribution is -0.116. The number of nitrogens with two attached hydrogens (primary N) is 1. The Morgan fingerprint density at radius 3 is 1.72 bits per heavy atom. The smallest absolute Gasteiger partial charge is 0.272 e. The molecule has 21 nitrogen and oxygen atoms in total. The molecule has 6 amide bonds. The third-order valence-electron chi connectivity index (χ3n) is 10.7. The molecular formula is C43H49N13O8. The van der Waals surface area contributed by atoms with Crippen molar-refractivity contribution in [2.45, 2.75) is 31.7 Å². The van der Waals surface area contributed by atoms with E-state index in [-0.39, 0.29) is 72.7 Å². The van der Waals surface area contributed by atoms with Crippen molar-refractivity contribution < 1.29 is 38.2 Å². The summed E-state index contributed by atoms with van der Waals surface area (Å²) < 4.78 is 17.6. The van der Waals surface area contributed by atoms with Gasteiger partial charge in [-0.05, 0) is 43.2 Å². The molecule has 0 radical (unpaired) electrons. The van der Waals surface area contributed by atoms with Gasteiger partial charge in [-0.15, -0.1) is 0 Å². The van der Waals surface area contributed by atoms with Gasteiger partial charge in [0.1, 0.15) is 22.8 Å². The molecule has 5 aromatic rings. The van der Waals surface area contributed by atoms with Gasteiger partial charge >= 0.3 is 0 Å². The molecule has 8 N–H and O–H groups in total. The van der Waals surface area contributed by atoms with Gasteiger partial charge in [-0.3, -0.25) is 39.2 Å². The first-order valence-electron chi connectivity index (χ1n) is 20.3. The number of hydrogen-bond donors (Lipinski definition) is 7. The molecule has 1 fully saturated rings. The molecule has 1 saturated heterocycles. The molecule has 4 aromatic heterocycles. The summed E-state index contributed by atoms with van der Waals surface area (Å²) in [5, 5.41) is 21.1. The fourth-order valence-electron chi connectivity index (χ4n) is 7.52. The highest BCUT2D eigenvalue weighted by Crippen LogP contribution is 2.38. The number of aryl methyl sites for hydroxylation is 4. The number of carbonyl (C=O) groups excluding carboxylic acids is 6. The number of amidine groups is 1. The number of hydrogen-bond acceptors (Lipinski definition) is 10. The van der Waals surface area contributed by atoms with Crippen molar-refractivity contribution in [1.29, 1.82) is 5.41 Å². The van der Waals surface area contributed by atoms with Gasteiger partial charge in [-0.2, -0.15) is 0 Å². The molecule has 2 aliphatic rings.